The van der Waals surface area contributed by atoms with Crippen molar-refractivity contribution in [2.24, 2.45) is 0 Å². The van der Waals surface area contributed by atoms with E-state index in [0.717, 1.165) is 12.8 Å². The average Bonchev–Trinajstić information content (AvgIpc) is 1.84. The molecule has 1 rings (SSSR count). The van der Waals surface area contributed by atoms with Gasteiger partial charge in [0.25, 0.3) is 0 Å². The van der Waals surface area contributed by atoms with Gasteiger partial charge in [-0.2, -0.15) is 0 Å². The molecule has 8 heavy (non-hydrogen) atoms. The minimum absolute atomic E-state index is 0. The van der Waals surface area contributed by atoms with Gasteiger partial charge in [-0.25, -0.2) is 0 Å². The third-order valence-corrected chi connectivity index (χ3v) is 1.68. The number of rotatable bonds is 0. The third-order valence-electron chi connectivity index (χ3n) is 1.68. The van der Waals surface area contributed by atoms with Crippen molar-refractivity contribution >= 4 is 51.4 Å². The molecule has 0 atom stereocenters. The summed E-state index contributed by atoms with van der Waals surface area (Å²) in [7, 11) is 0. The molecular formula is C6H12KO. The van der Waals surface area contributed by atoms with Crippen LogP contribution in [0.15, 0.2) is 0 Å². The van der Waals surface area contributed by atoms with Crippen molar-refractivity contribution in [3.05, 3.63) is 0 Å². The van der Waals surface area contributed by atoms with Crippen molar-refractivity contribution < 1.29 is 5.11 Å². The van der Waals surface area contributed by atoms with Crippen molar-refractivity contribution in [3.63, 3.8) is 0 Å². The van der Waals surface area contributed by atoms with Crippen molar-refractivity contribution in [2.75, 3.05) is 0 Å². The summed E-state index contributed by atoms with van der Waals surface area (Å²) < 4.78 is 0. The maximum Gasteiger partial charge on any atom is 0.0619 e. The van der Waals surface area contributed by atoms with E-state index in [4.69, 9.17) is 0 Å². The van der Waals surface area contributed by atoms with Crippen molar-refractivity contribution in [2.45, 2.75) is 38.2 Å². The molecule has 1 fully saturated rings. The second kappa shape index (κ2) is 3.69. The minimum Gasteiger partial charge on any atom is -0.390 e. The van der Waals surface area contributed by atoms with Gasteiger partial charge in [-0.3, -0.25) is 0 Å². The normalized spacial score (nSPS) is 24.8. The summed E-state index contributed by atoms with van der Waals surface area (Å²) >= 11 is 0. The number of aliphatic hydroxyl groups is 1. The minimum atomic E-state index is -0.306. The molecule has 1 N–H and O–H groups in total. The summed E-state index contributed by atoms with van der Waals surface area (Å²) in [5, 5.41) is 9.19. The molecule has 0 amide bonds. The van der Waals surface area contributed by atoms with Crippen LogP contribution < -0.4 is 0 Å². The monoisotopic (exact) mass is 139 g/mol. The molecule has 1 aliphatic rings. The first-order valence-corrected chi connectivity index (χ1v) is 2.93. The van der Waals surface area contributed by atoms with Crippen LogP contribution in [0.4, 0.5) is 0 Å². The van der Waals surface area contributed by atoms with Crippen LogP contribution in [0.2, 0.25) is 0 Å². The Bertz CT molecular complexity index is 62.9. The quantitative estimate of drug-likeness (QED) is 0.495. The molecule has 0 aliphatic heterocycles. The molecular weight excluding hydrogens is 127 g/mol. The molecule has 0 heterocycles. The summed E-state index contributed by atoms with van der Waals surface area (Å²) in [5.41, 5.74) is -0.306. The average molecular weight is 139 g/mol. The molecule has 0 aromatic rings. The van der Waals surface area contributed by atoms with Crippen molar-refractivity contribution in [1.82, 2.24) is 0 Å². The van der Waals surface area contributed by atoms with E-state index in [9.17, 15) is 5.11 Å². The Kier molecular flexibility index (Phi) is 4.42. The molecule has 0 bridgehead atoms. The Morgan fingerprint density at radius 2 is 1.62 bits per heavy atom. The molecule has 0 aromatic heterocycles. The maximum atomic E-state index is 9.19. The molecule has 0 saturated heterocycles. The molecule has 0 unspecified atom stereocenters. The molecule has 0 aromatic carbocycles. The van der Waals surface area contributed by atoms with Crippen LogP contribution >= 0.6 is 0 Å². The van der Waals surface area contributed by atoms with E-state index in [1.807, 2.05) is 6.92 Å². The molecule has 1 radical (unpaired) electrons. The van der Waals surface area contributed by atoms with Crippen LogP contribution in [0.1, 0.15) is 32.6 Å². The van der Waals surface area contributed by atoms with Crippen molar-refractivity contribution in [1.29, 1.82) is 0 Å². The van der Waals surface area contributed by atoms with Gasteiger partial charge in [0.15, 0.2) is 0 Å². The zero-order valence-corrected chi connectivity index (χ0v) is 8.90. The van der Waals surface area contributed by atoms with Gasteiger partial charge in [-0.15, -0.1) is 0 Å². The van der Waals surface area contributed by atoms with E-state index < -0.39 is 0 Å². The molecule has 0 spiro atoms. The van der Waals surface area contributed by atoms with E-state index in [1.54, 1.807) is 0 Å². The number of hydrogen-bond acceptors (Lipinski definition) is 1. The standard InChI is InChI=1S/C6H12O.K/c1-6(7)4-2-3-5-6;/h7H,2-5H2,1H3;. The fraction of sp³-hybridized carbons (Fsp3) is 1.00. The topological polar surface area (TPSA) is 20.2 Å². The van der Waals surface area contributed by atoms with Crippen LogP contribution in [0.5, 0.6) is 0 Å². The van der Waals surface area contributed by atoms with Crippen LogP contribution in [0.3, 0.4) is 0 Å². The Morgan fingerprint density at radius 1 is 1.25 bits per heavy atom. The van der Waals surface area contributed by atoms with E-state index in [2.05, 4.69) is 0 Å². The maximum absolute atomic E-state index is 9.19. The van der Waals surface area contributed by atoms with E-state index in [1.165, 1.54) is 12.8 Å². The van der Waals surface area contributed by atoms with Gasteiger partial charge in [0.05, 0.1) is 5.60 Å². The van der Waals surface area contributed by atoms with Crippen LogP contribution in [0.25, 0.3) is 0 Å². The molecule has 1 saturated carbocycles. The second-order valence-corrected chi connectivity index (χ2v) is 2.70. The Hall–Kier alpha value is 1.60. The third kappa shape index (κ3) is 2.94. The first-order valence-electron chi connectivity index (χ1n) is 2.93. The summed E-state index contributed by atoms with van der Waals surface area (Å²) in [6.07, 6.45) is 4.44. The van der Waals surface area contributed by atoms with Gasteiger partial charge in [-0.05, 0) is 19.8 Å². The SMILES string of the molecule is CC1(O)CCCC1.[K]. The van der Waals surface area contributed by atoms with E-state index in [0.29, 0.717) is 0 Å². The Morgan fingerprint density at radius 3 is 1.75 bits per heavy atom. The van der Waals surface area contributed by atoms with Gasteiger partial charge in [0.1, 0.15) is 0 Å². The Labute approximate surface area is 93.3 Å². The molecule has 43 valence electrons. The van der Waals surface area contributed by atoms with Crippen LogP contribution in [0, 0.1) is 0 Å². The fourth-order valence-corrected chi connectivity index (χ4v) is 1.14. The zero-order chi connectivity index (χ0) is 5.33. The van der Waals surface area contributed by atoms with Gasteiger partial charge in [0, 0.05) is 51.4 Å². The number of hydrogen-bond donors (Lipinski definition) is 1. The fourth-order valence-electron chi connectivity index (χ4n) is 1.14. The largest absolute Gasteiger partial charge is 0.390 e. The first kappa shape index (κ1) is 9.60. The van der Waals surface area contributed by atoms with Gasteiger partial charge >= 0.3 is 0 Å². The van der Waals surface area contributed by atoms with Gasteiger partial charge in [-0.1, -0.05) is 12.8 Å². The Balaban J connectivity index is 0.000000490. The summed E-state index contributed by atoms with van der Waals surface area (Å²) in [6, 6.07) is 0. The predicted octanol–water partition coefficient (Wildman–Crippen LogP) is 0.931. The predicted molar refractivity (Wildman–Crippen MR) is 34.8 cm³/mol. The van der Waals surface area contributed by atoms with Crippen LogP contribution in [-0.4, -0.2) is 62.1 Å². The van der Waals surface area contributed by atoms with E-state index in [-0.39, 0.29) is 57.0 Å². The summed E-state index contributed by atoms with van der Waals surface area (Å²) in [4.78, 5) is 0. The molecule has 1 aliphatic carbocycles. The molecule has 2 heteroatoms. The van der Waals surface area contributed by atoms with Gasteiger partial charge in [0.2, 0.25) is 0 Å². The first-order chi connectivity index (χ1) is 3.21. The van der Waals surface area contributed by atoms with Gasteiger partial charge < -0.3 is 5.11 Å². The summed E-state index contributed by atoms with van der Waals surface area (Å²) in [6.45, 7) is 1.92. The van der Waals surface area contributed by atoms with Crippen molar-refractivity contribution in [3.8, 4) is 0 Å². The smallest absolute Gasteiger partial charge is 0.0619 e. The van der Waals surface area contributed by atoms with E-state index >= 15 is 0 Å². The zero-order valence-electron chi connectivity index (χ0n) is 5.78. The summed E-state index contributed by atoms with van der Waals surface area (Å²) in [5.74, 6) is 0. The molecule has 1 nitrogen and oxygen atoms in total. The second-order valence-electron chi connectivity index (χ2n) is 2.70. The van der Waals surface area contributed by atoms with Crippen LogP contribution in [-0.2, 0) is 0 Å².